The zero-order chi connectivity index (χ0) is 24.9. The number of hydrogen-bond acceptors (Lipinski definition) is 3. The number of allylic oxidation sites excluding steroid dienone is 1. The first kappa shape index (κ1) is 23.7. The summed E-state index contributed by atoms with van der Waals surface area (Å²) in [5, 5.41) is 12.2. The molecule has 0 aliphatic carbocycles. The van der Waals surface area contributed by atoms with Crippen molar-refractivity contribution in [2.45, 2.75) is 24.4 Å². The molecule has 3 heterocycles. The number of aromatic carboxylic acids is 1. The molecule has 1 aliphatic rings. The number of carboxylic acids is 1. The number of aromatic nitrogens is 1. The van der Waals surface area contributed by atoms with Crippen LogP contribution in [0.3, 0.4) is 0 Å². The molecule has 0 amide bonds. The van der Waals surface area contributed by atoms with Crippen LogP contribution in [0.1, 0.15) is 33.6 Å². The van der Waals surface area contributed by atoms with Gasteiger partial charge in [0.25, 0.3) is 5.60 Å². The molecular weight excluding hydrogens is 490 g/mol. The Hall–Kier alpha value is -3.47. The summed E-state index contributed by atoms with van der Waals surface area (Å²) in [6.07, 6.45) is -6.74. The molecule has 0 bridgehead atoms. The molecule has 1 atom stereocenters. The molecule has 1 aliphatic heterocycles. The van der Waals surface area contributed by atoms with Gasteiger partial charge in [-0.2, -0.15) is 26.3 Å². The summed E-state index contributed by atoms with van der Waals surface area (Å²) < 4.78 is 83.2. The zero-order valence-corrected chi connectivity index (χ0v) is 17.5. The molecule has 0 saturated carbocycles. The summed E-state index contributed by atoms with van der Waals surface area (Å²) >= 11 is 5.68. The molecule has 0 fully saturated rings. The van der Waals surface area contributed by atoms with Gasteiger partial charge in [0.15, 0.2) is 0 Å². The van der Waals surface area contributed by atoms with E-state index < -0.39 is 46.5 Å². The van der Waals surface area contributed by atoms with Crippen LogP contribution >= 0.6 is 11.6 Å². The van der Waals surface area contributed by atoms with Crippen molar-refractivity contribution in [1.29, 1.82) is 0 Å². The third kappa shape index (κ3) is 4.11. The summed E-state index contributed by atoms with van der Waals surface area (Å²) in [4.78, 5) is 16.1. The second kappa shape index (κ2) is 8.08. The maximum atomic E-state index is 14.1. The fourth-order valence-electron chi connectivity index (χ4n) is 3.66. The number of benzene rings is 1. The van der Waals surface area contributed by atoms with Crippen LogP contribution < -0.4 is 0 Å². The smallest absolute Gasteiger partial charge is 0.435 e. The normalized spacial score (nSPS) is 19.0. The van der Waals surface area contributed by atoms with Gasteiger partial charge in [0.05, 0.1) is 22.4 Å². The lowest BCUT2D eigenvalue weighted by Gasteiger charge is -2.30. The molecule has 178 valence electrons. The maximum Gasteiger partial charge on any atom is 0.435 e. The predicted molar refractivity (Wildman–Crippen MR) is 111 cm³/mol. The Balaban J connectivity index is 1.69. The number of rotatable bonds is 4. The Bertz CT molecular complexity index is 1340. The maximum absolute atomic E-state index is 14.1. The van der Waals surface area contributed by atoms with Crippen LogP contribution in [0.25, 0.3) is 11.6 Å². The number of fused-ring (bicyclic) bond motifs is 1. The summed E-state index contributed by atoms with van der Waals surface area (Å²) in [6, 6.07) is 7.58. The second-order valence-corrected chi connectivity index (χ2v) is 7.91. The van der Waals surface area contributed by atoms with Crippen molar-refractivity contribution in [2.24, 2.45) is 5.16 Å². The molecule has 1 N–H and O–H groups in total. The van der Waals surface area contributed by atoms with E-state index in [0.29, 0.717) is 23.3 Å². The van der Waals surface area contributed by atoms with Crippen molar-refractivity contribution in [1.82, 2.24) is 4.40 Å². The van der Waals surface area contributed by atoms with Crippen LogP contribution in [0.5, 0.6) is 0 Å². The van der Waals surface area contributed by atoms with Crippen LogP contribution in [0.15, 0.2) is 59.9 Å². The van der Waals surface area contributed by atoms with Crippen LogP contribution in [0.2, 0.25) is 5.02 Å². The van der Waals surface area contributed by atoms with E-state index in [1.807, 2.05) is 0 Å². The van der Waals surface area contributed by atoms with Gasteiger partial charge in [-0.05, 0) is 54.6 Å². The minimum atomic E-state index is -5.11. The number of halogens is 7. The Kier molecular flexibility index (Phi) is 5.63. The van der Waals surface area contributed by atoms with E-state index in [1.54, 1.807) is 18.3 Å². The van der Waals surface area contributed by atoms with Gasteiger partial charge in [0.2, 0.25) is 0 Å². The van der Waals surface area contributed by atoms with Gasteiger partial charge >= 0.3 is 18.3 Å². The molecule has 0 spiro atoms. The van der Waals surface area contributed by atoms with Crippen molar-refractivity contribution >= 4 is 34.9 Å². The van der Waals surface area contributed by atoms with Crippen molar-refractivity contribution in [3.63, 3.8) is 0 Å². The first-order valence-electron chi connectivity index (χ1n) is 9.53. The molecule has 0 saturated heterocycles. The Morgan fingerprint density at radius 1 is 1.12 bits per heavy atom. The van der Waals surface area contributed by atoms with Gasteiger partial charge in [-0.3, -0.25) is 0 Å². The average molecular weight is 503 g/mol. The number of oxime groups is 1. The standard InChI is InChI=1S/C22H13ClF6N2O3/c23-14-9-12(8-13(10-14)21(24,25)26)20(22(27,28)29)11-15(30-34-20)3-4-16-5-6-17(19(32)33)18-2-1-7-31(16)18/h1-10H,11H2,(H,32,33)/b4-3+. The lowest BCUT2D eigenvalue weighted by atomic mass is 9.87. The van der Waals surface area contributed by atoms with Crippen molar-refractivity contribution < 1.29 is 41.1 Å². The third-order valence-electron chi connectivity index (χ3n) is 5.30. The lowest BCUT2D eigenvalue weighted by Crippen LogP contribution is -2.42. The topological polar surface area (TPSA) is 63.3 Å². The second-order valence-electron chi connectivity index (χ2n) is 7.48. The van der Waals surface area contributed by atoms with Gasteiger partial charge in [-0.25, -0.2) is 4.79 Å². The quantitative estimate of drug-likeness (QED) is 0.411. The number of alkyl halides is 6. The van der Waals surface area contributed by atoms with Gasteiger partial charge in [-0.15, -0.1) is 0 Å². The van der Waals surface area contributed by atoms with Crippen molar-refractivity contribution in [3.05, 3.63) is 82.1 Å². The first-order valence-corrected chi connectivity index (χ1v) is 9.91. The Morgan fingerprint density at radius 2 is 1.85 bits per heavy atom. The van der Waals surface area contributed by atoms with Gasteiger partial charge in [0.1, 0.15) is 0 Å². The number of carboxylic acid groups (broad SMARTS) is 1. The molecule has 34 heavy (non-hydrogen) atoms. The summed E-state index contributed by atoms with van der Waals surface area (Å²) in [6.45, 7) is 0. The molecule has 0 radical (unpaired) electrons. The number of pyridine rings is 1. The van der Waals surface area contributed by atoms with Gasteiger partial charge in [-0.1, -0.05) is 16.8 Å². The molecule has 4 rings (SSSR count). The minimum Gasteiger partial charge on any atom is -0.478 e. The van der Waals surface area contributed by atoms with Crippen LogP contribution in [0.4, 0.5) is 26.3 Å². The van der Waals surface area contributed by atoms with E-state index in [9.17, 15) is 36.2 Å². The van der Waals surface area contributed by atoms with E-state index in [1.165, 1.54) is 28.7 Å². The van der Waals surface area contributed by atoms with E-state index in [0.717, 1.165) is 6.07 Å². The number of hydrogen-bond donors (Lipinski definition) is 1. The van der Waals surface area contributed by atoms with E-state index >= 15 is 0 Å². The monoisotopic (exact) mass is 502 g/mol. The minimum absolute atomic E-state index is 0.0289. The predicted octanol–water partition coefficient (Wildman–Crippen LogP) is 6.56. The lowest BCUT2D eigenvalue weighted by molar-refractivity contribution is -0.276. The molecule has 1 unspecified atom stereocenters. The average Bonchev–Trinajstić information content (AvgIpc) is 3.38. The highest BCUT2D eigenvalue weighted by molar-refractivity contribution is 6.30. The Labute approximate surface area is 192 Å². The first-order chi connectivity index (χ1) is 15.8. The zero-order valence-electron chi connectivity index (χ0n) is 16.8. The molecule has 5 nitrogen and oxygen atoms in total. The summed E-state index contributed by atoms with van der Waals surface area (Å²) in [7, 11) is 0. The Morgan fingerprint density at radius 3 is 2.50 bits per heavy atom. The number of nitrogens with zero attached hydrogens (tertiary/aromatic N) is 2. The van der Waals surface area contributed by atoms with E-state index in [2.05, 4.69) is 5.16 Å². The van der Waals surface area contributed by atoms with Crippen LogP contribution in [0, 0.1) is 0 Å². The fourth-order valence-corrected chi connectivity index (χ4v) is 3.90. The number of carbonyl (C=O) groups is 1. The molecule has 1 aromatic carbocycles. The summed E-state index contributed by atoms with van der Waals surface area (Å²) in [5.41, 5.74) is -4.70. The van der Waals surface area contributed by atoms with Crippen LogP contribution in [-0.2, 0) is 16.6 Å². The summed E-state index contributed by atoms with van der Waals surface area (Å²) in [5.74, 6) is -1.15. The molecule has 12 heteroatoms. The largest absolute Gasteiger partial charge is 0.478 e. The third-order valence-corrected chi connectivity index (χ3v) is 5.52. The van der Waals surface area contributed by atoms with Crippen molar-refractivity contribution in [3.8, 4) is 0 Å². The van der Waals surface area contributed by atoms with Crippen molar-refractivity contribution in [2.75, 3.05) is 0 Å². The highest BCUT2D eigenvalue weighted by Gasteiger charge is 2.62. The van der Waals surface area contributed by atoms with E-state index in [4.69, 9.17) is 16.4 Å². The van der Waals surface area contributed by atoms with Gasteiger partial charge in [0, 0.05) is 28.9 Å². The molecule has 3 aromatic rings. The van der Waals surface area contributed by atoms with Crippen LogP contribution in [-0.4, -0.2) is 27.4 Å². The highest BCUT2D eigenvalue weighted by Crippen LogP contribution is 2.49. The highest BCUT2D eigenvalue weighted by atomic mass is 35.5. The SMILES string of the molecule is O=C(O)c1ccc(/C=C/C2=NOC(c3cc(Cl)cc(C(F)(F)F)c3)(C(F)(F)F)C2)n2cccc12. The fraction of sp³-hybridized carbons (Fsp3) is 0.182. The molecule has 2 aromatic heterocycles. The molecular formula is C22H13ClF6N2O3. The van der Waals surface area contributed by atoms with Gasteiger partial charge < -0.3 is 14.3 Å². The van der Waals surface area contributed by atoms with E-state index in [-0.39, 0.29) is 11.3 Å².